The molecule has 19 heavy (non-hydrogen) atoms. The van der Waals surface area contributed by atoms with Gasteiger partial charge < -0.3 is 10.2 Å². The molecule has 1 aliphatic carbocycles. The zero-order valence-electron chi connectivity index (χ0n) is 11.7. The maximum Gasteiger partial charge on any atom is 0.0423 e. The molecule has 1 atom stereocenters. The van der Waals surface area contributed by atoms with Crippen LogP contribution < -0.4 is 10.2 Å². The van der Waals surface area contributed by atoms with Crippen LogP contribution in [-0.2, 0) is 6.54 Å². The molecule has 104 valence electrons. The summed E-state index contributed by atoms with van der Waals surface area (Å²) >= 11 is 3.62. The number of rotatable bonds is 5. The number of nitrogens with zero attached hydrogens (tertiary/aromatic N) is 1. The van der Waals surface area contributed by atoms with Crippen molar-refractivity contribution in [1.29, 1.82) is 0 Å². The number of benzene rings is 1. The lowest BCUT2D eigenvalue weighted by molar-refractivity contribution is 0.569. The minimum Gasteiger partial charge on any atom is -0.371 e. The van der Waals surface area contributed by atoms with Crippen molar-refractivity contribution in [3.8, 4) is 0 Å². The van der Waals surface area contributed by atoms with Crippen LogP contribution in [0.2, 0.25) is 0 Å². The van der Waals surface area contributed by atoms with Crippen LogP contribution >= 0.6 is 15.9 Å². The van der Waals surface area contributed by atoms with Crippen LogP contribution in [0.4, 0.5) is 5.69 Å². The van der Waals surface area contributed by atoms with Crippen molar-refractivity contribution in [3.63, 3.8) is 0 Å². The lowest BCUT2D eigenvalue weighted by Crippen LogP contribution is -2.23. The minimum absolute atomic E-state index is 0.776. The third-order valence-electron chi connectivity index (χ3n) is 4.41. The Bertz CT molecular complexity index is 442. The third-order valence-corrected chi connectivity index (χ3v) is 4.90. The van der Waals surface area contributed by atoms with Gasteiger partial charge in [0.1, 0.15) is 0 Å². The van der Waals surface area contributed by atoms with Gasteiger partial charge in [-0.3, -0.25) is 0 Å². The Balaban J connectivity index is 1.75. The van der Waals surface area contributed by atoms with Gasteiger partial charge in [-0.25, -0.2) is 0 Å². The molecule has 2 aliphatic rings. The number of halogens is 1. The molecule has 0 radical (unpaired) electrons. The first kappa shape index (κ1) is 13.4. The molecule has 1 unspecified atom stereocenters. The van der Waals surface area contributed by atoms with E-state index in [4.69, 9.17) is 0 Å². The zero-order valence-corrected chi connectivity index (χ0v) is 13.2. The molecule has 1 aromatic carbocycles. The van der Waals surface area contributed by atoms with Crippen LogP contribution in [0, 0.1) is 5.92 Å². The maximum absolute atomic E-state index is 3.64. The molecule has 3 rings (SSSR count). The molecule has 0 spiro atoms. The van der Waals surface area contributed by atoms with E-state index < -0.39 is 0 Å². The van der Waals surface area contributed by atoms with E-state index in [-0.39, 0.29) is 0 Å². The van der Waals surface area contributed by atoms with Crippen molar-refractivity contribution in [1.82, 2.24) is 5.32 Å². The smallest absolute Gasteiger partial charge is 0.0423 e. The highest BCUT2D eigenvalue weighted by molar-refractivity contribution is 9.10. The predicted molar refractivity (Wildman–Crippen MR) is 84.6 cm³/mol. The van der Waals surface area contributed by atoms with Crippen molar-refractivity contribution in [2.45, 2.75) is 45.2 Å². The second kappa shape index (κ2) is 5.84. The van der Waals surface area contributed by atoms with Gasteiger partial charge in [0.15, 0.2) is 0 Å². The molecule has 2 nitrogen and oxygen atoms in total. The van der Waals surface area contributed by atoms with Gasteiger partial charge in [-0.15, -0.1) is 0 Å². The fourth-order valence-corrected chi connectivity index (χ4v) is 3.26. The Morgan fingerprint density at radius 3 is 2.84 bits per heavy atom. The van der Waals surface area contributed by atoms with Gasteiger partial charge in [0.25, 0.3) is 0 Å². The summed E-state index contributed by atoms with van der Waals surface area (Å²) < 4.78 is 1.19. The standard InChI is InChI=1S/C16H23BrN2/c1-2-12-7-8-19(11-12)16-9-14(17)4-3-13(16)10-18-15-5-6-15/h3-4,9,12,15,18H,2,5-8,10-11H2,1H3. The van der Waals surface area contributed by atoms with Crippen LogP contribution in [-0.4, -0.2) is 19.1 Å². The molecule has 1 aromatic rings. The highest BCUT2D eigenvalue weighted by Crippen LogP contribution is 2.31. The molecule has 1 saturated heterocycles. The molecule has 2 fully saturated rings. The number of hydrogen-bond donors (Lipinski definition) is 1. The first-order chi connectivity index (χ1) is 9.26. The van der Waals surface area contributed by atoms with Crippen molar-refractivity contribution in [3.05, 3.63) is 28.2 Å². The van der Waals surface area contributed by atoms with Crippen LogP contribution in [0.1, 0.15) is 38.2 Å². The first-order valence-corrected chi connectivity index (χ1v) is 8.32. The van der Waals surface area contributed by atoms with Crippen molar-refractivity contribution < 1.29 is 0 Å². The van der Waals surface area contributed by atoms with Crippen molar-refractivity contribution in [2.24, 2.45) is 5.92 Å². The fraction of sp³-hybridized carbons (Fsp3) is 0.625. The Kier molecular flexibility index (Phi) is 4.13. The van der Waals surface area contributed by atoms with Crippen LogP contribution in [0.15, 0.2) is 22.7 Å². The van der Waals surface area contributed by atoms with E-state index in [1.54, 1.807) is 0 Å². The molecular formula is C16H23BrN2. The van der Waals surface area contributed by atoms with Crippen LogP contribution in [0.5, 0.6) is 0 Å². The first-order valence-electron chi connectivity index (χ1n) is 7.53. The molecule has 1 aliphatic heterocycles. The van der Waals surface area contributed by atoms with Gasteiger partial charge in [0, 0.05) is 35.8 Å². The highest BCUT2D eigenvalue weighted by Gasteiger charge is 2.24. The molecule has 0 amide bonds. The summed E-state index contributed by atoms with van der Waals surface area (Å²) in [6.07, 6.45) is 5.36. The Morgan fingerprint density at radius 1 is 1.32 bits per heavy atom. The Hall–Kier alpha value is -0.540. The van der Waals surface area contributed by atoms with E-state index in [1.165, 1.54) is 54.5 Å². The topological polar surface area (TPSA) is 15.3 Å². The summed E-state index contributed by atoms with van der Waals surface area (Å²) in [4.78, 5) is 2.57. The summed E-state index contributed by atoms with van der Waals surface area (Å²) in [5.74, 6) is 0.878. The lowest BCUT2D eigenvalue weighted by Gasteiger charge is -2.23. The summed E-state index contributed by atoms with van der Waals surface area (Å²) in [7, 11) is 0. The maximum atomic E-state index is 3.64. The largest absolute Gasteiger partial charge is 0.371 e. The normalized spacial score (nSPS) is 23.1. The quantitative estimate of drug-likeness (QED) is 0.883. The lowest BCUT2D eigenvalue weighted by atomic mass is 10.1. The fourth-order valence-electron chi connectivity index (χ4n) is 2.91. The number of hydrogen-bond acceptors (Lipinski definition) is 2. The van der Waals surface area contributed by atoms with E-state index in [0.717, 1.165) is 18.5 Å². The van der Waals surface area contributed by atoms with E-state index in [1.807, 2.05) is 0 Å². The molecule has 1 saturated carbocycles. The Labute approximate surface area is 124 Å². The SMILES string of the molecule is CCC1CCN(c2cc(Br)ccc2CNC2CC2)C1. The summed E-state index contributed by atoms with van der Waals surface area (Å²) in [5, 5.41) is 3.64. The zero-order chi connectivity index (χ0) is 13.2. The highest BCUT2D eigenvalue weighted by atomic mass is 79.9. The van der Waals surface area contributed by atoms with Gasteiger partial charge in [0.2, 0.25) is 0 Å². The average Bonchev–Trinajstić information content (AvgIpc) is 3.13. The van der Waals surface area contributed by atoms with E-state index >= 15 is 0 Å². The van der Waals surface area contributed by atoms with E-state index in [0.29, 0.717) is 0 Å². The van der Waals surface area contributed by atoms with E-state index in [9.17, 15) is 0 Å². The van der Waals surface area contributed by atoms with Crippen LogP contribution in [0.25, 0.3) is 0 Å². The molecule has 1 heterocycles. The summed E-state index contributed by atoms with van der Waals surface area (Å²) in [6.45, 7) is 5.76. The Morgan fingerprint density at radius 2 is 2.16 bits per heavy atom. The average molecular weight is 323 g/mol. The number of anilines is 1. The molecule has 3 heteroatoms. The molecule has 1 N–H and O–H groups in total. The van der Waals surface area contributed by atoms with Crippen molar-refractivity contribution >= 4 is 21.6 Å². The summed E-state index contributed by atoms with van der Waals surface area (Å²) in [5.41, 5.74) is 2.88. The molecule has 0 bridgehead atoms. The number of nitrogens with one attached hydrogen (secondary N) is 1. The van der Waals surface area contributed by atoms with Gasteiger partial charge in [0.05, 0.1) is 0 Å². The molecule has 0 aromatic heterocycles. The second-order valence-electron chi connectivity index (χ2n) is 5.94. The van der Waals surface area contributed by atoms with Crippen LogP contribution in [0.3, 0.4) is 0 Å². The monoisotopic (exact) mass is 322 g/mol. The second-order valence-corrected chi connectivity index (χ2v) is 6.85. The summed E-state index contributed by atoms with van der Waals surface area (Å²) in [6, 6.07) is 7.51. The third kappa shape index (κ3) is 3.32. The van der Waals surface area contributed by atoms with Gasteiger partial charge in [-0.05, 0) is 42.9 Å². The van der Waals surface area contributed by atoms with Gasteiger partial charge >= 0.3 is 0 Å². The van der Waals surface area contributed by atoms with E-state index in [2.05, 4.69) is 51.3 Å². The van der Waals surface area contributed by atoms with Gasteiger partial charge in [-0.1, -0.05) is 35.3 Å². The van der Waals surface area contributed by atoms with Crippen molar-refractivity contribution in [2.75, 3.05) is 18.0 Å². The molecular weight excluding hydrogens is 300 g/mol. The van der Waals surface area contributed by atoms with Gasteiger partial charge in [-0.2, -0.15) is 0 Å². The minimum atomic E-state index is 0.776. The predicted octanol–water partition coefficient (Wildman–Crippen LogP) is 3.94.